The monoisotopic (exact) mass is 329 g/mol. The summed E-state index contributed by atoms with van der Waals surface area (Å²) >= 11 is 6.05. The minimum absolute atomic E-state index is 0.213. The molecule has 120 valence electrons. The minimum atomic E-state index is -0.213. The third kappa shape index (κ3) is 5.15. The molecule has 0 aliphatic heterocycles. The van der Waals surface area contributed by atoms with Crippen LogP contribution in [0.5, 0.6) is 5.75 Å². The van der Waals surface area contributed by atoms with Crippen molar-refractivity contribution in [3.63, 3.8) is 0 Å². The Hall–Kier alpha value is -2.26. The number of benzene rings is 2. The molecule has 0 aliphatic rings. The molecule has 0 fully saturated rings. The number of hydrogen-bond acceptors (Lipinski definition) is 2. The Kier molecular flexibility index (Phi) is 6.24. The molecule has 23 heavy (non-hydrogen) atoms. The highest BCUT2D eigenvalue weighted by Crippen LogP contribution is 2.21. The smallest absolute Gasteiger partial charge is 0.248 e. The molecular formula is C19H20ClNO2. The lowest BCUT2D eigenvalue weighted by atomic mass is 10.2. The second kappa shape index (κ2) is 8.39. The van der Waals surface area contributed by atoms with Gasteiger partial charge in [-0.25, -0.2) is 0 Å². The summed E-state index contributed by atoms with van der Waals surface area (Å²) in [6.45, 7) is 4.62. The van der Waals surface area contributed by atoms with E-state index in [0.717, 1.165) is 23.3 Å². The van der Waals surface area contributed by atoms with E-state index < -0.39 is 0 Å². The molecule has 0 radical (unpaired) electrons. The highest BCUT2D eigenvalue weighted by molar-refractivity contribution is 6.31. The summed E-state index contributed by atoms with van der Waals surface area (Å²) in [5, 5.41) is 3.42. The van der Waals surface area contributed by atoms with E-state index in [1.807, 2.05) is 43.3 Å². The van der Waals surface area contributed by atoms with Crippen LogP contribution < -0.4 is 10.1 Å². The van der Waals surface area contributed by atoms with Crippen molar-refractivity contribution in [1.29, 1.82) is 0 Å². The van der Waals surface area contributed by atoms with Gasteiger partial charge < -0.3 is 10.1 Å². The third-order valence-electron chi connectivity index (χ3n) is 3.23. The summed E-state index contributed by atoms with van der Waals surface area (Å²) in [6, 6.07) is 13.1. The fourth-order valence-corrected chi connectivity index (χ4v) is 2.16. The van der Waals surface area contributed by atoms with Gasteiger partial charge in [-0.3, -0.25) is 4.79 Å². The molecule has 0 saturated carbocycles. The second-order valence-electron chi connectivity index (χ2n) is 5.17. The fourth-order valence-electron chi connectivity index (χ4n) is 1.98. The molecular weight excluding hydrogens is 310 g/mol. The first-order valence-electron chi connectivity index (χ1n) is 7.57. The molecule has 2 rings (SSSR count). The van der Waals surface area contributed by atoms with Crippen LogP contribution in [0.15, 0.2) is 48.5 Å². The van der Waals surface area contributed by atoms with Crippen LogP contribution in [0.3, 0.4) is 0 Å². The molecule has 0 unspecified atom stereocenters. The maximum Gasteiger partial charge on any atom is 0.248 e. The van der Waals surface area contributed by atoms with Crippen molar-refractivity contribution in [3.8, 4) is 5.75 Å². The Morgan fingerprint density at radius 1 is 1.26 bits per heavy atom. The van der Waals surface area contributed by atoms with Crippen LogP contribution in [0.4, 0.5) is 5.69 Å². The second-order valence-corrected chi connectivity index (χ2v) is 5.58. The van der Waals surface area contributed by atoms with Crippen molar-refractivity contribution in [3.05, 3.63) is 64.7 Å². The lowest BCUT2D eigenvalue weighted by Gasteiger charge is -2.08. The number of carbonyl (C=O) groups excluding carboxylic acids is 1. The molecule has 1 N–H and O–H groups in total. The number of halogens is 1. The van der Waals surface area contributed by atoms with Crippen LogP contribution in [-0.2, 0) is 4.79 Å². The van der Waals surface area contributed by atoms with Crippen LogP contribution in [-0.4, -0.2) is 12.5 Å². The predicted octanol–water partition coefficient (Wildman–Crippen LogP) is 5.09. The lowest BCUT2D eigenvalue weighted by molar-refractivity contribution is -0.111. The van der Waals surface area contributed by atoms with E-state index in [4.69, 9.17) is 16.3 Å². The number of carbonyl (C=O) groups is 1. The summed E-state index contributed by atoms with van der Waals surface area (Å²) in [6.07, 6.45) is 4.17. The first-order valence-corrected chi connectivity index (χ1v) is 7.95. The van der Waals surface area contributed by atoms with Crippen LogP contribution >= 0.6 is 11.6 Å². The Labute approximate surface area is 141 Å². The zero-order chi connectivity index (χ0) is 16.7. The molecule has 3 nitrogen and oxygen atoms in total. The van der Waals surface area contributed by atoms with Gasteiger partial charge in [-0.1, -0.05) is 42.8 Å². The van der Waals surface area contributed by atoms with E-state index in [-0.39, 0.29) is 5.91 Å². The Morgan fingerprint density at radius 2 is 2.04 bits per heavy atom. The van der Waals surface area contributed by atoms with Crippen LogP contribution in [0.25, 0.3) is 6.08 Å². The summed E-state index contributed by atoms with van der Waals surface area (Å²) < 4.78 is 5.67. The van der Waals surface area contributed by atoms with Crippen LogP contribution in [0.2, 0.25) is 5.02 Å². The maximum atomic E-state index is 12.0. The molecule has 4 heteroatoms. The Morgan fingerprint density at radius 3 is 2.78 bits per heavy atom. The quantitative estimate of drug-likeness (QED) is 0.750. The largest absolute Gasteiger partial charge is 0.493 e. The van der Waals surface area contributed by atoms with E-state index in [2.05, 4.69) is 12.2 Å². The molecule has 0 bridgehead atoms. The maximum absolute atomic E-state index is 12.0. The van der Waals surface area contributed by atoms with Crippen molar-refractivity contribution in [2.45, 2.75) is 20.3 Å². The minimum Gasteiger partial charge on any atom is -0.493 e. The first-order chi connectivity index (χ1) is 11.1. The fraction of sp³-hybridized carbons (Fsp3) is 0.211. The van der Waals surface area contributed by atoms with E-state index in [1.54, 1.807) is 12.1 Å². The van der Waals surface area contributed by atoms with Gasteiger partial charge in [0.25, 0.3) is 0 Å². The number of rotatable bonds is 6. The summed E-state index contributed by atoms with van der Waals surface area (Å²) in [7, 11) is 0. The van der Waals surface area contributed by atoms with Gasteiger partial charge in [0.05, 0.1) is 6.61 Å². The zero-order valence-electron chi connectivity index (χ0n) is 13.3. The lowest BCUT2D eigenvalue weighted by Crippen LogP contribution is -2.07. The standard InChI is InChI=1S/C19H20ClNO2/c1-3-12-23-18-7-5-4-6-15(18)9-11-19(22)21-16-10-8-14(2)17(20)13-16/h4-11,13H,3,12H2,1-2H3,(H,21,22). The van der Waals surface area contributed by atoms with Crippen molar-refractivity contribution >= 4 is 29.3 Å². The Bertz CT molecular complexity index is 710. The van der Waals surface area contributed by atoms with E-state index in [1.165, 1.54) is 6.08 Å². The Balaban J connectivity index is 2.04. The van der Waals surface area contributed by atoms with Gasteiger partial charge in [0.2, 0.25) is 5.91 Å². The van der Waals surface area contributed by atoms with Crippen molar-refractivity contribution in [2.75, 3.05) is 11.9 Å². The normalized spacial score (nSPS) is 10.7. The van der Waals surface area contributed by atoms with Crippen LogP contribution in [0.1, 0.15) is 24.5 Å². The average molecular weight is 330 g/mol. The van der Waals surface area contributed by atoms with Crippen molar-refractivity contribution < 1.29 is 9.53 Å². The van der Waals surface area contributed by atoms with E-state index in [9.17, 15) is 4.79 Å². The van der Waals surface area contributed by atoms with Gasteiger partial charge in [0.1, 0.15) is 5.75 Å². The van der Waals surface area contributed by atoms with Crippen molar-refractivity contribution in [1.82, 2.24) is 0 Å². The number of nitrogens with one attached hydrogen (secondary N) is 1. The number of ether oxygens (including phenoxy) is 1. The van der Waals surface area contributed by atoms with Gasteiger partial charge in [-0.05, 0) is 43.2 Å². The molecule has 0 spiro atoms. The molecule has 1 amide bonds. The first kappa shape index (κ1) is 17.1. The van der Waals surface area contributed by atoms with Gasteiger partial charge in [0, 0.05) is 22.3 Å². The summed E-state index contributed by atoms with van der Waals surface area (Å²) in [4.78, 5) is 12.0. The number of aryl methyl sites for hydroxylation is 1. The molecule has 2 aromatic rings. The SMILES string of the molecule is CCCOc1ccccc1C=CC(=O)Nc1ccc(C)c(Cl)c1. The van der Waals surface area contributed by atoms with Crippen molar-refractivity contribution in [2.24, 2.45) is 0 Å². The summed E-state index contributed by atoms with van der Waals surface area (Å²) in [5.74, 6) is 0.562. The molecule has 0 aliphatic carbocycles. The van der Waals surface area contributed by atoms with Gasteiger partial charge in [0.15, 0.2) is 0 Å². The molecule has 0 aromatic heterocycles. The average Bonchev–Trinajstić information content (AvgIpc) is 2.55. The van der Waals surface area contributed by atoms with Gasteiger partial charge >= 0.3 is 0 Å². The van der Waals surface area contributed by atoms with E-state index >= 15 is 0 Å². The predicted molar refractivity (Wildman–Crippen MR) is 96.1 cm³/mol. The zero-order valence-corrected chi connectivity index (χ0v) is 14.1. The van der Waals surface area contributed by atoms with Gasteiger partial charge in [-0.15, -0.1) is 0 Å². The number of anilines is 1. The van der Waals surface area contributed by atoms with Gasteiger partial charge in [-0.2, -0.15) is 0 Å². The van der Waals surface area contributed by atoms with Crippen LogP contribution in [0, 0.1) is 6.92 Å². The molecule has 0 heterocycles. The summed E-state index contributed by atoms with van der Waals surface area (Å²) in [5.41, 5.74) is 2.52. The topological polar surface area (TPSA) is 38.3 Å². The number of amides is 1. The molecule has 0 atom stereocenters. The molecule has 2 aromatic carbocycles. The third-order valence-corrected chi connectivity index (χ3v) is 3.64. The number of para-hydroxylation sites is 1. The van der Waals surface area contributed by atoms with E-state index in [0.29, 0.717) is 17.3 Å². The molecule has 0 saturated heterocycles. The highest BCUT2D eigenvalue weighted by Gasteiger charge is 2.03. The highest BCUT2D eigenvalue weighted by atomic mass is 35.5. The number of hydrogen-bond donors (Lipinski definition) is 1.